The average molecular weight is 1030 g/mol. The number of benzene rings is 2. The van der Waals surface area contributed by atoms with Crippen molar-refractivity contribution in [2.45, 2.75) is 116 Å². The highest BCUT2D eigenvalue weighted by Crippen LogP contribution is 2.46. The number of alkyl halides is 12. The quantitative estimate of drug-likeness (QED) is 0.0781. The van der Waals surface area contributed by atoms with Crippen LogP contribution in [0.3, 0.4) is 0 Å². The summed E-state index contributed by atoms with van der Waals surface area (Å²) in [5, 5.41) is 0. The summed E-state index contributed by atoms with van der Waals surface area (Å²) >= 11 is 0. The SMILES string of the molecule is CC[C@H]1c2cc3[nH]c4c(c5nc(cc6nc(cc([nH]2)[C@@H]1C)C(C(C)=NCc1cc(C(F)(F)F)cc(C(F)(F)F)c1)=C6C)[C@@H](C)[C@@H]5CC(=O)OC)C(=O)N(Cc1cc(C(F)(F)F)cc(C(F)(F)F)c1)C(=O)c4c3C. The molecule has 0 saturated heterocycles. The third kappa shape index (κ3) is 9.83. The summed E-state index contributed by atoms with van der Waals surface area (Å²) < 4.78 is 172. The lowest BCUT2D eigenvalue weighted by molar-refractivity contribution is -0.144. The zero-order chi connectivity index (χ0) is 53.6. The third-order valence-corrected chi connectivity index (χ3v) is 13.8. The molecule has 2 aromatic heterocycles. The Labute approximate surface area is 408 Å². The van der Waals surface area contributed by atoms with Gasteiger partial charge in [0.2, 0.25) is 0 Å². The summed E-state index contributed by atoms with van der Waals surface area (Å²) in [6.07, 6.45) is -20.5. The first-order valence-corrected chi connectivity index (χ1v) is 22.7. The Morgan fingerprint density at radius 3 is 1.77 bits per heavy atom. The standard InChI is InChI=1S/C51H44F12N6O4/c1-8-32-21(2)34-18-39-41(25(6)64-19-26-9-28(48(52,53)54)13-29(10-26)49(55,56)57)23(4)36(66-39)16-35-22(3)33(15-40(70)73-7)44(67-35)43-45-42(24(5)37(68-45)17-38(32)65-34)46(71)69(47(43)72)20-27-11-30(50(58,59)60)14-31(12-27)51(61,62)63/h9-14,16-18,21-22,32-33,65,68H,8,15,19-20H2,1-7H3/t21-,22+,32-,33+/m1/s1. The van der Waals surface area contributed by atoms with Gasteiger partial charge in [-0.2, -0.15) is 52.7 Å². The fraction of sp³-hybridized carbons (Fsp3) is 0.373. The molecular formula is C51H44F12N6O4. The van der Waals surface area contributed by atoms with Crippen LogP contribution in [0.4, 0.5) is 52.7 Å². The van der Waals surface area contributed by atoms with Crippen LogP contribution in [-0.2, 0) is 47.3 Å². The van der Waals surface area contributed by atoms with Gasteiger partial charge in [0, 0.05) is 57.6 Å². The highest BCUT2D eigenvalue weighted by atomic mass is 19.4. The third-order valence-electron chi connectivity index (χ3n) is 13.8. The van der Waals surface area contributed by atoms with Gasteiger partial charge in [0.05, 0.1) is 82.6 Å². The van der Waals surface area contributed by atoms with E-state index in [1.807, 2.05) is 13.8 Å². The number of hydrogen-bond acceptors (Lipinski definition) is 7. The molecule has 0 unspecified atom stereocenters. The van der Waals surface area contributed by atoms with Gasteiger partial charge >= 0.3 is 30.7 Å². The predicted molar refractivity (Wildman–Crippen MR) is 243 cm³/mol. The largest absolute Gasteiger partial charge is 0.469 e. The minimum absolute atomic E-state index is 0.0238. The summed E-state index contributed by atoms with van der Waals surface area (Å²) in [5.41, 5.74) is -4.25. The van der Waals surface area contributed by atoms with Crippen molar-refractivity contribution in [2.24, 2.45) is 4.99 Å². The first-order chi connectivity index (χ1) is 33.9. The molecule has 0 spiro atoms. The Kier molecular flexibility index (Phi) is 13.3. The van der Waals surface area contributed by atoms with Crippen molar-refractivity contribution in [1.82, 2.24) is 24.8 Å². The van der Waals surface area contributed by atoms with Crippen LogP contribution >= 0.6 is 0 Å². The second-order valence-corrected chi connectivity index (χ2v) is 18.5. The van der Waals surface area contributed by atoms with Crippen LogP contribution < -0.4 is 0 Å². The van der Waals surface area contributed by atoms with Gasteiger partial charge in [0.25, 0.3) is 11.8 Å². The molecule has 0 fully saturated rings. The number of amides is 2. The van der Waals surface area contributed by atoms with Crippen molar-refractivity contribution in [3.63, 3.8) is 0 Å². The Morgan fingerprint density at radius 1 is 0.685 bits per heavy atom. The fourth-order valence-electron chi connectivity index (χ4n) is 9.94. The molecule has 8 bridgehead atoms. The monoisotopic (exact) mass is 1030 g/mol. The molecule has 8 rings (SSSR count). The molecular weight excluding hydrogens is 989 g/mol. The van der Waals surface area contributed by atoms with E-state index < -0.39 is 102 Å². The number of carbonyl (C=O) groups excluding carboxylic acids is 3. The van der Waals surface area contributed by atoms with Crippen LogP contribution in [0.15, 0.2) is 59.6 Å². The van der Waals surface area contributed by atoms with E-state index in [1.54, 1.807) is 39.0 Å². The number of allylic oxidation sites excluding steroid dienone is 2. The van der Waals surface area contributed by atoms with Gasteiger partial charge in [0.1, 0.15) is 0 Å². The molecule has 2 N–H and O–H groups in total. The number of nitrogens with zero attached hydrogens (tertiary/aromatic N) is 4. The van der Waals surface area contributed by atoms with E-state index in [-0.39, 0.29) is 74.5 Å². The number of imide groups is 1. The molecule has 6 heterocycles. The van der Waals surface area contributed by atoms with E-state index in [1.165, 1.54) is 6.92 Å². The van der Waals surface area contributed by atoms with Crippen molar-refractivity contribution in [1.29, 1.82) is 0 Å². The van der Waals surface area contributed by atoms with Gasteiger partial charge in [-0.25, -0.2) is 4.98 Å². The van der Waals surface area contributed by atoms with Crippen LogP contribution in [0.2, 0.25) is 0 Å². The van der Waals surface area contributed by atoms with Crippen molar-refractivity contribution in [3.8, 4) is 0 Å². The number of ether oxygens (including phenoxy) is 1. The minimum Gasteiger partial charge on any atom is -0.469 e. The van der Waals surface area contributed by atoms with Crippen molar-refractivity contribution in [2.75, 3.05) is 7.11 Å². The molecule has 386 valence electrons. The van der Waals surface area contributed by atoms with Crippen LogP contribution in [0, 0.1) is 6.92 Å². The lowest BCUT2D eigenvalue weighted by Crippen LogP contribution is -2.40. The summed E-state index contributed by atoms with van der Waals surface area (Å²) in [7, 11) is 1.12. The van der Waals surface area contributed by atoms with Gasteiger partial charge in [-0.15, -0.1) is 0 Å². The lowest BCUT2D eigenvalue weighted by atomic mass is 9.85. The molecule has 0 radical (unpaired) electrons. The Balaban J connectivity index is 1.39. The molecule has 4 aromatic rings. The number of methoxy groups -OCH3 is 1. The molecule has 4 aliphatic rings. The Bertz CT molecular complexity index is 3180. The first-order valence-electron chi connectivity index (χ1n) is 22.7. The molecule has 2 aromatic carbocycles. The number of esters is 1. The van der Waals surface area contributed by atoms with E-state index >= 15 is 4.79 Å². The van der Waals surface area contributed by atoms with Crippen LogP contribution in [0.25, 0.3) is 22.2 Å². The number of H-pyrrole nitrogens is 2. The highest BCUT2D eigenvalue weighted by Gasteiger charge is 2.44. The molecule has 2 amide bonds. The zero-order valence-corrected chi connectivity index (χ0v) is 39.8. The van der Waals surface area contributed by atoms with Gasteiger partial charge < -0.3 is 14.7 Å². The minimum atomic E-state index is -5.24. The smallest absolute Gasteiger partial charge is 0.416 e. The summed E-state index contributed by atoms with van der Waals surface area (Å²) in [5.74, 6) is -5.14. The average Bonchev–Trinajstić information content (AvgIpc) is 3.98. The molecule has 10 nitrogen and oxygen atoms in total. The number of nitrogens with one attached hydrogen (secondary N) is 2. The number of halogens is 12. The summed E-state index contributed by atoms with van der Waals surface area (Å²) in [6, 6.07) is 6.98. The van der Waals surface area contributed by atoms with Gasteiger partial charge in [0.15, 0.2) is 0 Å². The predicted octanol–water partition coefficient (Wildman–Crippen LogP) is 13.6. The highest BCUT2D eigenvalue weighted by molar-refractivity contribution is 6.29. The van der Waals surface area contributed by atoms with E-state index in [0.717, 1.165) is 7.11 Å². The molecule has 0 saturated carbocycles. The Hall–Kier alpha value is -7.00. The number of aromatic amines is 2. The molecule has 22 heteroatoms. The topological polar surface area (TPSA) is 133 Å². The summed E-state index contributed by atoms with van der Waals surface area (Å²) in [4.78, 5) is 64.3. The summed E-state index contributed by atoms with van der Waals surface area (Å²) in [6.45, 7) is 8.65. The molecule has 4 aliphatic heterocycles. The number of aliphatic imine (C=N–C) groups is 1. The van der Waals surface area contributed by atoms with Gasteiger partial charge in [-0.05, 0) is 104 Å². The first kappa shape index (κ1) is 52.3. The zero-order valence-electron chi connectivity index (χ0n) is 39.8. The van der Waals surface area contributed by atoms with Gasteiger partial charge in [-0.3, -0.25) is 29.3 Å². The molecule has 73 heavy (non-hydrogen) atoms. The van der Waals surface area contributed by atoms with Crippen LogP contribution in [-0.4, -0.2) is 55.4 Å². The maximum Gasteiger partial charge on any atom is 0.416 e. The van der Waals surface area contributed by atoms with E-state index in [0.29, 0.717) is 69.3 Å². The second-order valence-electron chi connectivity index (χ2n) is 18.5. The number of aromatic nitrogens is 4. The van der Waals surface area contributed by atoms with Crippen molar-refractivity contribution >= 4 is 45.7 Å². The van der Waals surface area contributed by atoms with E-state index in [4.69, 9.17) is 14.7 Å². The maximum atomic E-state index is 15.0. The number of rotatable bonds is 8. The number of aryl methyl sites for hydroxylation is 1. The normalized spacial score (nSPS) is 19.2. The second kappa shape index (κ2) is 18.5. The lowest BCUT2D eigenvalue weighted by Gasteiger charge is -2.27. The van der Waals surface area contributed by atoms with Crippen LogP contribution in [0.5, 0.6) is 0 Å². The van der Waals surface area contributed by atoms with Crippen molar-refractivity contribution in [3.05, 3.63) is 139 Å². The number of fused-ring (bicyclic) bond motifs is 8. The van der Waals surface area contributed by atoms with Crippen LogP contribution in [0.1, 0.15) is 165 Å². The number of hydrogen-bond donors (Lipinski definition) is 2. The van der Waals surface area contributed by atoms with Crippen molar-refractivity contribution < 1.29 is 71.8 Å². The Morgan fingerprint density at radius 2 is 1.23 bits per heavy atom. The van der Waals surface area contributed by atoms with E-state index in [2.05, 4.69) is 15.0 Å². The molecule has 4 atom stereocenters. The van der Waals surface area contributed by atoms with Gasteiger partial charge in [-0.1, -0.05) is 20.8 Å². The fourth-order valence-corrected chi connectivity index (χ4v) is 9.94. The molecule has 0 aliphatic carbocycles. The number of carbonyl (C=O) groups is 3. The van der Waals surface area contributed by atoms with E-state index in [9.17, 15) is 62.3 Å². The maximum absolute atomic E-state index is 15.0.